The predicted molar refractivity (Wildman–Crippen MR) is 128 cm³/mol. The molecule has 3 N–H and O–H groups in total. The van der Waals surface area contributed by atoms with Crippen LogP contribution in [0.25, 0.3) is 22.3 Å². The van der Waals surface area contributed by atoms with Gasteiger partial charge in [-0.05, 0) is 37.8 Å². The summed E-state index contributed by atoms with van der Waals surface area (Å²) in [5, 5.41) is 18.2. The summed E-state index contributed by atoms with van der Waals surface area (Å²) in [5.41, 5.74) is 1.05. The molecule has 0 spiro atoms. The maximum atomic E-state index is 12.4. The van der Waals surface area contributed by atoms with E-state index in [1.165, 1.54) is 14.2 Å². The number of nitrogens with one attached hydrogen (secondary N) is 2. The van der Waals surface area contributed by atoms with Crippen LogP contribution in [-0.4, -0.2) is 71.8 Å². The first-order chi connectivity index (χ1) is 17.5. The molecule has 0 atom stereocenters. The first-order valence-corrected chi connectivity index (χ1v) is 13.2. The van der Waals surface area contributed by atoms with Crippen molar-refractivity contribution in [2.45, 2.75) is 50.4 Å². The minimum absolute atomic E-state index is 0.108. The molecule has 11 nitrogen and oxygen atoms in total. The Labute approximate surface area is 211 Å². The van der Waals surface area contributed by atoms with Gasteiger partial charge in [-0.1, -0.05) is 17.0 Å². The number of alkyl halides is 3. The van der Waals surface area contributed by atoms with E-state index in [1.54, 1.807) is 24.3 Å². The maximum Gasteiger partial charge on any atom is 0.390 e. The molecule has 0 saturated heterocycles. The van der Waals surface area contributed by atoms with E-state index in [1.807, 2.05) is 0 Å². The molecule has 1 aliphatic carbocycles. The van der Waals surface area contributed by atoms with Crippen LogP contribution in [0.3, 0.4) is 0 Å². The third kappa shape index (κ3) is 6.33. The van der Waals surface area contributed by atoms with Crippen LogP contribution in [0.2, 0.25) is 0 Å². The Morgan fingerprint density at radius 1 is 1.08 bits per heavy atom. The average molecular weight is 545 g/mol. The van der Waals surface area contributed by atoms with E-state index >= 15 is 0 Å². The lowest BCUT2D eigenvalue weighted by Crippen LogP contribution is -2.41. The summed E-state index contributed by atoms with van der Waals surface area (Å²) in [6.07, 6.45) is -3.97. The van der Waals surface area contributed by atoms with E-state index in [-0.39, 0.29) is 23.5 Å². The summed E-state index contributed by atoms with van der Waals surface area (Å²) >= 11 is 0. The fourth-order valence-corrected chi connectivity index (χ4v) is 5.71. The Kier molecular flexibility index (Phi) is 7.64. The number of para-hydroxylation sites is 1. The van der Waals surface area contributed by atoms with Crippen LogP contribution >= 0.6 is 0 Å². The van der Waals surface area contributed by atoms with Crippen LogP contribution < -0.4 is 19.5 Å². The third-order valence-electron chi connectivity index (χ3n) is 6.10. The van der Waals surface area contributed by atoms with E-state index in [9.17, 15) is 26.8 Å². The summed E-state index contributed by atoms with van der Waals surface area (Å²) in [5.74, 6) is -0.0888. The Morgan fingerprint density at radius 2 is 1.76 bits per heavy atom. The van der Waals surface area contributed by atoms with Gasteiger partial charge in [0.15, 0.2) is 5.65 Å². The van der Waals surface area contributed by atoms with Crippen LogP contribution in [-0.2, 0) is 10.0 Å². The van der Waals surface area contributed by atoms with Crippen molar-refractivity contribution in [3.8, 4) is 22.9 Å². The first kappa shape index (κ1) is 26.7. The zero-order valence-electron chi connectivity index (χ0n) is 20.1. The van der Waals surface area contributed by atoms with E-state index in [0.29, 0.717) is 52.9 Å². The van der Waals surface area contributed by atoms with Crippen LogP contribution in [0.4, 0.5) is 19.1 Å². The maximum absolute atomic E-state index is 12.4. The molecule has 2 heterocycles. The number of aromatic nitrogens is 4. The molecule has 1 saturated carbocycles. The van der Waals surface area contributed by atoms with Crippen LogP contribution in [0.5, 0.6) is 11.6 Å². The number of hydrogen-bond donors (Lipinski definition) is 3. The molecular formula is C22H27F3N6O5S. The summed E-state index contributed by atoms with van der Waals surface area (Å²) in [4.78, 5) is 9.53. The summed E-state index contributed by atoms with van der Waals surface area (Å²) in [6.45, 7) is 0. The molecular weight excluding hydrogens is 517 g/mol. The van der Waals surface area contributed by atoms with E-state index in [4.69, 9.17) is 9.47 Å². The smallest absolute Gasteiger partial charge is 0.390 e. The van der Waals surface area contributed by atoms with Gasteiger partial charge in [-0.2, -0.15) is 23.1 Å². The van der Waals surface area contributed by atoms with E-state index in [0.717, 1.165) is 0 Å². The molecule has 4 rings (SSSR count). The van der Waals surface area contributed by atoms with Crippen molar-refractivity contribution in [1.82, 2.24) is 24.6 Å². The molecule has 3 aromatic rings. The summed E-state index contributed by atoms with van der Waals surface area (Å²) < 4.78 is 74.3. The van der Waals surface area contributed by atoms with Crippen LogP contribution in [0.1, 0.15) is 32.1 Å². The zero-order valence-corrected chi connectivity index (χ0v) is 20.9. The van der Waals surface area contributed by atoms with Gasteiger partial charge in [-0.3, -0.25) is 0 Å². The molecule has 37 heavy (non-hydrogen) atoms. The Hall–Kier alpha value is -3.33. The number of methoxy groups -OCH3 is 2. The van der Waals surface area contributed by atoms with Gasteiger partial charge in [-0.15, -0.1) is 5.10 Å². The largest absolute Gasteiger partial charge is 0.496 e. The molecule has 0 aliphatic heterocycles. The molecule has 2 aromatic heterocycles. The number of halogens is 3. The van der Waals surface area contributed by atoms with Crippen LogP contribution in [0, 0.1) is 0 Å². The van der Waals surface area contributed by atoms with E-state index < -0.39 is 34.4 Å². The standard InChI is InChI=1S/C22H27F3N6O5S/c1-35-16-6-4-3-5-15(16)18-17-19(29-31(18)32)27-21(28-20(17)36-2)26-13-7-9-14(10-8-13)30-37(33,34)12-11-22(23,24)25/h3-6,13-14,30,32H,7-12H2,1-2H3,(H,26,27,29). The number of benzene rings is 1. The van der Waals surface area contributed by atoms with Crippen LogP contribution in [0.15, 0.2) is 24.3 Å². The molecule has 202 valence electrons. The molecule has 15 heteroatoms. The number of rotatable bonds is 9. The number of sulfonamides is 1. The number of ether oxygens (including phenoxy) is 2. The topological polar surface area (TPSA) is 140 Å². The summed E-state index contributed by atoms with van der Waals surface area (Å²) in [7, 11) is -1.08. The van der Waals surface area contributed by atoms with Gasteiger partial charge in [0.05, 0.1) is 26.4 Å². The molecule has 0 unspecified atom stereocenters. The Morgan fingerprint density at radius 3 is 2.41 bits per heavy atom. The van der Waals surface area contributed by atoms with Gasteiger partial charge >= 0.3 is 6.18 Å². The lowest BCUT2D eigenvalue weighted by Gasteiger charge is -2.29. The minimum Gasteiger partial charge on any atom is -0.496 e. The number of nitrogens with zero attached hydrogens (tertiary/aromatic N) is 4. The normalized spacial score (nSPS) is 18.6. The fraction of sp³-hybridized carbons (Fsp3) is 0.500. The van der Waals surface area contributed by atoms with Crippen molar-refractivity contribution < 1.29 is 36.3 Å². The Balaban J connectivity index is 1.47. The highest BCUT2D eigenvalue weighted by Gasteiger charge is 2.32. The van der Waals surface area contributed by atoms with Gasteiger partial charge in [0.1, 0.15) is 16.8 Å². The first-order valence-electron chi connectivity index (χ1n) is 11.5. The monoisotopic (exact) mass is 544 g/mol. The number of anilines is 1. The highest BCUT2D eigenvalue weighted by Crippen LogP contribution is 2.38. The molecule has 1 aromatic carbocycles. The quantitative estimate of drug-likeness (QED) is 0.346. The fourth-order valence-electron chi connectivity index (χ4n) is 4.34. The van der Waals surface area contributed by atoms with Gasteiger partial charge in [0.25, 0.3) is 0 Å². The van der Waals surface area contributed by atoms with Crippen molar-refractivity contribution >= 4 is 27.0 Å². The minimum atomic E-state index is -4.53. The molecule has 0 radical (unpaired) electrons. The van der Waals surface area contributed by atoms with E-state index in [2.05, 4.69) is 25.1 Å². The van der Waals surface area contributed by atoms with Gasteiger partial charge in [0.2, 0.25) is 21.9 Å². The zero-order chi connectivity index (χ0) is 26.8. The molecule has 1 aliphatic rings. The second-order valence-electron chi connectivity index (χ2n) is 8.69. The lowest BCUT2D eigenvalue weighted by molar-refractivity contribution is -0.130. The second kappa shape index (κ2) is 10.6. The molecule has 0 amide bonds. The molecule has 1 fully saturated rings. The molecule has 0 bridgehead atoms. The van der Waals surface area contributed by atoms with Crippen molar-refractivity contribution in [3.05, 3.63) is 24.3 Å². The lowest BCUT2D eigenvalue weighted by atomic mass is 9.92. The SMILES string of the molecule is COc1ccccc1-c1c2c(OC)nc(NC3CCC(NS(=O)(=O)CCC(F)(F)F)CC3)nc2nn1O. The van der Waals surface area contributed by atoms with Crippen molar-refractivity contribution in [2.75, 3.05) is 25.3 Å². The highest BCUT2D eigenvalue weighted by atomic mass is 32.2. The van der Waals surface area contributed by atoms with Crippen molar-refractivity contribution in [3.63, 3.8) is 0 Å². The van der Waals surface area contributed by atoms with Gasteiger partial charge in [-0.25, -0.2) is 13.1 Å². The van der Waals surface area contributed by atoms with Gasteiger partial charge < -0.3 is 20.0 Å². The van der Waals surface area contributed by atoms with Gasteiger partial charge in [0, 0.05) is 17.6 Å². The third-order valence-corrected chi connectivity index (χ3v) is 7.53. The summed E-state index contributed by atoms with van der Waals surface area (Å²) in [6, 6.07) is 6.52. The number of fused-ring (bicyclic) bond motifs is 1. The van der Waals surface area contributed by atoms with Crippen molar-refractivity contribution in [1.29, 1.82) is 0 Å². The predicted octanol–water partition coefficient (Wildman–Crippen LogP) is 3.34. The average Bonchev–Trinajstić information content (AvgIpc) is 3.18. The van der Waals surface area contributed by atoms with Crippen molar-refractivity contribution in [2.24, 2.45) is 0 Å². The Bertz CT molecular complexity index is 1360. The number of hydrogen-bond acceptors (Lipinski definition) is 9. The second-order valence-corrected chi connectivity index (χ2v) is 10.6. The highest BCUT2D eigenvalue weighted by molar-refractivity contribution is 7.89.